The number of hydrogen-bond acceptors (Lipinski definition) is 2. The monoisotopic (exact) mass is 238 g/mol. The van der Waals surface area contributed by atoms with E-state index < -0.39 is 0 Å². The first-order chi connectivity index (χ1) is 8.01. The van der Waals surface area contributed by atoms with E-state index in [0.717, 1.165) is 24.9 Å². The summed E-state index contributed by atoms with van der Waals surface area (Å²) >= 11 is 0. The molecule has 0 aliphatic rings. The Balaban J connectivity index is 2.77. The van der Waals surface area contributed by atoms with Crippen LogP contribution in [0, 0.1) is 5.82 Å². The van der Waals surface area contributed by atoms with Crippen molar-refractivity contribution in [3.8, 4) is 0 Å². The largest absolute Gasteiger partial charge is 0.329 e. The molecule has 2 N–H and O–H groups in total. The highest BCUT2D eigenvalue weighted by atomic mass is 19.1. The molecule has 96 valence electrons. The van der Waals surface area contributed by atoms with Crippen molar-refractivity contribution in [2.24, 2.45) is 5.73 Å². The van der Waals surface area contributed by atoms with Crippen LogP contribution in [0.2, 0.25) is 0 Å². The minimum Gasteiger partial charge on any atom is -0.329 e. The molecular weight excluding hydrogens is 215 g/mol. The summed E-state index contributed by atoms with van der Waals surface area (Å²) in [6.07, 6.45) is 1.95. The van der Waals surface area contributed by atoms with Crippen molar-refractivity contribution in [3.63, 3.8) is 0 Å². The molecule has 0 bridgehead atoms. The highest BCUT2D eigenvalue weighted by Crippen LogP contribution is 2.19. The number of likely N-dealkylation sites (N-methyl/N-ethyl adjacent to an activating group) is 1. The van der Waals surface area contributed by atoms with E-state index in [9.17, 15) is 4.39 Å². The molecule has 1 aromatic carbocycles. The first-order valence-electron chi connectivity index (χ1n) is 6.17. The van der Waals surface area contributed by atoms with Crippen LogP contribution in [0.3, 0.4) is 0 Å². The van der Waals surface area contributed by atoms with E-state index in [1.807, 2.05) is 12.1 Å². The fourth-order valence-electron chi connectivity index (χ4n) is 2.01. The Kier molecular flexibility index (Phi) is 5.09. The Morgan fingerprint density at radius 3 is 2.35 bits per heavy atom. The number of benzene rings is 1. The van der Waals surface area contributed by atoms with Crippen molar-refractivity contribution in [1.29, 1.82) is 0 Å². The van der Waals surface area contributed by atoms with Crippen LogP contribution in [0.5, 0.6) is 0 Å². The van der Waals surface area contributed by atoms with E-state index in [2.05, 4.69) is 25.8 Å². The van der Waals surface area contributed by atoms with Gasteiger partial charge in [-0.3, -0.25) is 4.90 Å². The van der Waals surface area contributed by atoms with Gasteiger partial charge in [-0.05, 0) is 51.1 Å². The summed E-state index contributed by atoms with van der Waals surface area (Å²) in [6, 6.07) is 6.68. The molecule has 0 aliphatic heterocycles. The minimum atomic E-state index is -0.190. The number of nitrogens with two attached hydrogens (primary N) is 1. The second-order valence-corrected chi connectivity index (χ2v) is 4.93. The van der Waals surface area contributed by atoms with Gasteiger partial charge in [0.25, 0.3) is 0 Å². The molecule has 0 heterocycles. The number of rotatable bonds is 6. The third kappa shape index (κ3) is 3.79. The number of hydrogen-bond donors (Lipinski definition) is 1. The molecule has 1 unspecified atom stereocenters. The molecule has 0 fully saturated rings. The first-order valence-corrected chi connectivity index (χ1v) is 6.17. The van der Waals surface area contributed by atoms with E-state index in [4.69, 9.17) is 5.73 Å². The van der Waals surface area contributed by atoms with Crippen LogP contribution < -0.4 is 5.73 Å². The molecule has 1 aromatic rings. The zero-order valence-corrected chi connectivity index (χ0v) is 11.0. The summed E-state index contributed by atoms with van der Waals surface area (Å²) in [7, 11) is 2.10. The molecule has 0 aliphatic carbocycles. The maximum atomic E-state index is 12.8. The Morgan fingerprint density at radius 1 is 1.29 bits per heavy atom. The molecule has 1 rings (SSSR count). The van der Waals surface area contributed by atoms with Crippen molar-refractivity contribution >= 4 is 0 Å². The van der Waals surface area contributed by atoms with E-state index in [1.165, 1.54) is 12.1 Å². The van der Waals surface area contributed by atoms with Crippen LogP contribution in [-0.2, 0) is 6.42 Å². The molecule has 1 atom stereocenters. The third-order valence-corrected chi connectivity index (χ3v) is 3.42. The van der Waals surface area contributed by atoms with Crippen LogP contribution in [0.1, 0.15) is 25.8 Å². The van der Waals surface area contributed by atoms with Gasteiger partial charge in [-0.2, -0.15) is 0 Å². The highest BCUT2D eigenvalue weighted by Gasteiger charge is 2.27. The zero-order valence-electron chi connectivity index (χ0n) is 11.0. The summed E-state index contributed by atoms with van der Waals surface area (Å²) in [6.45, 7) is 5.94. The molecule has 0 saturated heterocycles. The predicted molar refractivity (Wildman–Crippen MR) is 70.5 cm³/mol. The van der Waals surface area contributed by atoms with E-state index in [-0.39, 0.29) is 11.4 Å². The van der Waals surface area contributed by atoms with Crippen molar-refractivity contribution < 1.29 is 4.39 Å². The summed E-state index contributed by atoms with van der Waals surface area (Å²) in [5.74, 6) is -0.190. The normalized spacial score (nSPS) is 14.9. The Hall–Kier alpha value is -0.930. The van der Waals surface area contributed by atoms with Gasteiger partial charge in [0.15, 0.2) is 0 Å². The molecule has 0 radical (unpaired) electrons. The average molecular weight is 238 g/mol. The summed E-state index contributed by atoms with van der Waals surface area (Å²) in [5, 5.41) is 0. The first kappa shape index (κ1) is 14.1. The van der Waals surface area contributed by atoms with E-state index >= 15 is 0 Å². The van der Waals surface area contributed by atoms with Crippen LogP contribution in [-0.4, -0.2) is 30.6 Å². The molecule has 0 aromatic heterocycles. The van der Waals surface area contributed by atoms with Crippen molar-refractivity contribution in [3.05, 3.63) is 35.6 Å². The Bertz CT molecular complexity index is 337. The number of halogens is 1. The lowest BCUT2D eigenvalue weighted by Gasteiger charge is -2.38. The third-order valence-electron chi connectivity index (χ3n) is 3.42. The van der Waals surface area contributed by atoms with Crippen molar-refractivity contribution in [2.45, 2.75) is 32.2 Å². The van der Waals surface area contributed by atoms with Crippen LogP contribution in [0.4, 0.5) is 4.39 Å². The predicted octanol–water partition coefficient (Wildman–Crippen LogP) is 2.43. The molecule has 0 saturated carbocycles. The molecule has 17 heavy (non-hydrogen) atoms. The van der Waals surface area contributed by atoms with E-state index in [0.29, 0.717) is 6.54 Å². The lowest BCUT2D eigenvalue weighted by atomic mass is 9.91. The lowest BCUT2D eigenvalue weighted by molar-refractivity contribution is 0.144. The second-order valence-electron chi connectivity index (χ2n) is 4.93. The zero-order chi connectivity index (χ0) is 12.9. The Labute approximate surface area is 104 Å². The molecular formula is C14H23FN2. The van der Waals surface area contributed by atoms with Crippen LogP contribution in [0.25, 0.3) is 0 Å². The minimum absolute atomic E-state index is 0.0617. The maximum absolute atomic E-state index is 12.8. The van der Waals surface area contributed by atoms with Gasteiger partial charge in [0.2, 0.25) is 0 Å². The molecule has 0 spiro atoms. The quantitative estimate of drug-likeness (QED) is 0.824. The van der Waals surface area contributed by atoms with Crippen molar-refractivity contribution in [1.82, 2.24) is 4.90 Å². The fraction of sp³-hybridized carbons (Fsp3) is 0.571. The topological polar surface area (TPSA) is 29.3 Å². The summed E-state index contributed by atoms with van der Waals surface area (Å²) in [5.41, 5.74) is 6.97. The van der Waals surface area contributed by atoms with E-state index in [1.54, 1.807) is 0 Å². The standard InChI is InChI=1S/C14H23FN2/c1-4-9-17(3)14(2,11-16)10-12-5-7-13(15)8-6-12/h5-8H,4,9-11,16H2,1-3H3. The summed E-state index contributed by atoms with van der Waals surface area (Å²) in [4.78, 5) is 2.29. The van der Waals surface area contributed by atoms with Gasteiger partial charge in [0.1, 0.15) is 5.82 Å². The van der Waals surface area contributed by atoms with Gasteiger partial charge in [0, 0.05) is 12.1 Å². The van der Waals surface area contributed by atoms with Crippen LogP contribution in [0.15, 0.2) is 24.3 Å². The van der Waals surface area contributed by atoms with Gasteiger partial charge in [0.05, 0.1) is 0 Å². The van der Waals surface area contributed by atoms with Gasteiger partial charge in [-0.1, -0.05) is 19.1 Å². The summed E-state index contributed by atoms with van der Waals surface area (Å²) < 4.78 is 12.8. The van der Waals surface area contributed by atoms with Crippen molar-refractivity contribution in [2.75, 3.05) is 20.1 Å². The van der Waals surface area contributed by atoms with Gasteiger partial charge >= 0.3 is 0 Å². The molecule has 2 nitrogen and oxygen atoms in total. The highest BCUT2D eigenvalue weighted by molar-refractivity contribution is 5.19. The average Bonchev–Trinajstić information content (AvgIpc) is 2.32. The van der Waals surface area contributed by atoms with Gasteiger partial charge < -0.3 is 5.73 Å². The lowest BCUT2D eigenvalue weighted by Crippen LogP contribution is -2.51. The SMILES string of the molecule is CCCN(C)C(C)(CN)Cc1ccc(F)cc1. The van der Waals surface area contributed by atoms with Gasteiger partial charge in [-0.15, -0.1) is 0 Å². The molecule has 3 heteroatoms. The number of nitrogens with zero attached hydrogens (tertiary/aromatic N) is 1. The second kappa shape index (κ2) is 6.12. The fourth-order valence-corrected chi connectivity index (χ4v) is 2.01. The van der Waals surface area contributed by atoms with Crippen LogP contribution >= 0.6 is 0 Å². The maximum Gasteiger partial charge on any atom is 0.123 e. The molecule has 0 amide bonds. The van der Waals surface area contributed by atoms with Gasteiger partial charge in [-0.25, -0.2) is 4.39 Å². The Morgan fingerprint density at radius 2 is 1.88 bits per heavy atom. The smallest absolute Gasteiger partial charge is 0.123 e.